The molecule has 0 aromatic heterocycles. The van der Waals surface area contributed by atoms with Gasteiger partial charge < -0.3 is 20.0 Å². The molecule has 9 heteroatoms. The van der Waals surface area contributed by atoms with Gasteiger partial charge in [0.2, 0.25) is 17.7 Å². The van der Waals surface area contributed by atoms with Crippen LogP contribution in [0.15, 0.2) is 182 Å². The Kier molecular flexibility index (Phi) is 21.8. The fourth-order valence-electron chi connectivity index (χ4n) is 9.45. The first-order valence-electron chi connectivity index (χ1n) is 24.6. The van der Waals surface area contributed by atoms with Crippen molar-refractivity contribution in [1.29, 1.82) is 0 Å². The van der Waals surface area contributed by atoms with Gasteiger partial charge in [0.1, 0.15) is 0 Å². The number of piperidine rings is 2. The molecule has 0 bridgehead atoms. The zero-order chi connectivity index (χ0) is 48.7. The number of hydrogen-bond donors (Lipinski definition) is 1. The summed E-state index contributed by atoms with van der Waals surface area (Å²) in [5, 5.41) is 3.12. The Morgan fingerprint density at radius 2 is 0.800 bits per heavy atom. The number of benzene rings is 6. The van der Waals surface area contributed by atoms with Crippen molar-refractivity contribution in [1.82, 2.24) is 20.0 Å². The van der Waals surface area contributed by atoms with Crippen LogP contribution in [0.5, 0.6) is 0 Å². The molecule has 368 valence electrons. The first kappa shape index (κ1) is 54.2. The number of nitrogens with one attached hydrogen (secondary N) is 1. The highest BCUT2D eigenvalue weighted by Crippen LogP contribution is 2.39. The number of aryl methyl sites for hydroxylation is 2. The lowest BCUT2D eigenvalue weighted by Crippen LogP contribution is -2.53. The standard InChI is InChI=1S/C30H34N2O2.C21H22FNO2.C9H13N.CH4/c1-31(22-19-26-13-7-3-8-14-26)29(34)30(27-15-9-4-10-16-27)20-23-32(24-21-30)28(33)18-17-25-11-5-2-6-12-25;22-20(25)21(18-9-5-2-6-10-18)13-15-23(16-14-21)19(24)12-11-17-7-3-1-4-8-17;1-10-8-7-9-5-3-2-4-6-9;/h2-16H,17-24H2,1H3;1-10H,11-16H2;2-6,10H,7-8H2,1H3;1H4. The van der Waals surface area contributed by atoms with E-state index in [0.29, 0.717) is 83.2 Å². The van der Waals surface area contributed by atoms with E-state index in [4.69, 9.17) is 0 Å². The summed E-state index contributed by atoms with van der Waals surface area (Å²) in [6, 6.07) is 58.7. The van der Waals surface area contributed by atoms with E-state index in [0.717, 1.165) is 36.9 Å². The number of likely N-dealkylation sites (tertiary alicyclic amines) is 2. The third kappa shape index (κ3) is 15.4. The molecule has 0 spiro atoms. The molecule has 0 unspecified atom stereocenters. The van der Waals surface area contributed by atoms with Crippen LogP contribution in [0.2, 0.25) is 0 Å². The molecule has 2 saturated heterocycles. The summed E-state index contributed by atoms with van der Waals surface area (Å²) >= 11 is 0. The predicted octanol–water partition coefficient (Wildman–Crippen LogP) is 10.6. The van der Waals surface area contributed by atoms with Crippen LogP contribution in [0, 0.1) is 0 Å². The molecule has 8 rings (SSSR count). The molecular weight excluding hydrogens is 872 g/mol. The topological polar surface area (TPSA) is 90.0 Å². The summed E-state index contributed by atoms with van der Waals surface area (Å²) in [5.74, 6) is 0.401. The van der Waals surface area contributed by atoms with Gasteiger partial charge in [-0.05, 0) is 98.3 Å². The molecule has 70 heavy (non-hydrogen) atoms. The van der Waals surface area contributed by atoms with Gasteiger partial charge in [-0.2, -0.15) is 4.39 Å². The minimum absolute atomic E-state index is 0. The fourth-order valence-corrected chi connectivity index (χ4v) is 9.45. The van der Waals surface area contributed by atoms with Crippen LogP contribution >= 0.6 is 0 Å². The maximum Gasteiger partial charge on any atom is 0.312 e. The predicted molar refractivity (Wildman–Crippen MR) is 282 cm³/mol. The smallest absolute Gasteiger partial charge is 0.312 e. The van der Waals surface area contributed by atoms with Gasteiger partial charge in [-0.25, -0.2) is 0 Å². The number of carbonyl (C=O) groups is 4. The monoisotopic (exact) mass is 945 g/mol. The minimum atomic E-state index is -1.30. The van der Waals surface area contributed by atoms with Gasteiger partial charge in [0.15, 0.2) is 0 Å². The molecule has 0 aliphatic carbocycles. The maximum atomic E-state index is 13.9. The van der Waals surface area contributed by atoms with Gasteiger partial charge in [0, 0.05) is 52.6 Å². The van der Waals surface area contributed by atoms with Gasteiger partial charge in [-0.15, -0.1) is 0 Å². The van der Waals surface area contributed by atoms with E-state index in [-0.39, 0.29) is 25.1 Å². The molecule has 2 aliphatic heterocycles. The highest BCUT2D eigenvalue weighted by molar-refractivity contribution is 5.89. The van der Waals surface area contributed by atoms with Crippen LogP contribution in [0.25, 0.3) is 0 Å². The quantitative estimate of drug-likeness (QED) is 0.0977. The number of rotatable bonds is 16. The van der Waals surface area contributed by atoms with E-state index in [9.17, 15) is 23.6 Å². The molecule has 0 saturated carbocycles. The van der Waals surface area contributed by atoms with Crippen molar-refractivity contribution in [3.05, 3.63) is 215 Å². The first-order chi connectivity index (χ1) is 33.6. The van der Waals surface area contributed by atoms with Crippen molar-refractivity contribution in [2.24, 2.45) is 0 Å². The Labute approximate surface area is 416 Å². The number of likely N-dealkylation sites (N-methyl/N-ethyl adjacent to an activating group) is 2. The van der Waals surface area contributed by atoms with Crippen LogP contribution in [0.3, 0.4) is 0 Å². The Morgan fingerprint density at radius 1 is 0.486 bits per heavy atom. The Bertz CT molecular complexity index is 2440. The molecule has 2 aliphatic rings. The lowest BCUT2D eigenvalue weighted by molar-refractivity contribution is -0.142. The number of nitrogens with zero attached hydrogens (tertiary/aromatic N) is 3. The average Bonchev–Trinajstić information content (AvgIpc) is 3.42. The van der Waals surface area contributed by atoms with Gasteiger partial charge in [0.25, 0.3) is 0 Å². The third-order valence-electron chi connectivity index (χ3n) is 13.8. The molecule has 6 aromatic carbocycles. The van der Waals surface area contributed by atoms with Crippen molar-refractivity contribution >= 4 is 23.8 Å². The Morgan fingerprint density at radius 3 is 1.16 bits per heavy atom. The van der Waals surface area contributed by atoms with E-state index in [1.165, 1.54) is 16.7 Å². The molecule has 2 heterocycles. The summed E-state index contributed by atoms with van der Waals surface area (Å²) in [6.07, 6.45) is 6.33. The summed E-state index contributed by atoms with van der Waals surface area (Å²) in [7, 11) is 3.89. The molecule has 3 amide bonds. The second kappa shape index (κ2) is 28.1. The van der Waals surface area contributed by atoms with Crippen LogP contribution < -0.4 is 5.32 Å². The van der Waals surface area contributed by atoms with Crippen molar-refractivity contribution in [2.45, 2.75) is 82.5 Å². The van der Waals surface area contributed by atoms with Crippen molar-refractivity contribution in [3.63, 3.8) is 0 Å². The number of amides is 3. The molecule has 0 atom stereocenters. The van der Waals surface area contributed by atoms with Crippen LogP contribution in [-0.4, -0.2) is 91.8 Å². The summed E-state index contributed by atoms with van der Waals surface area (Å²) in [4.78, 5) is 56.5. The number of hydrogen-bond acceptors (Lipinski definition) is 5. The largest absolute Gasteiger partial charge is 0.345 e. The third-order valence-corrected chi connectivity index (χ3v) is 13.8. The molecular formula is C61H73FN4O4. The molecule has 1 N–H and O–H groups in total. The zero-order valence-electron chi connectivity index (χ0n) is 40.5. The Balaban J connectivity index is 0.000000221. The van der Waals surface area contributed by atoms with Crippen molar-refractivity contribution in [3.8, 4) is 0 Å². The summed E-state index contributed by atoms with van der Waals surface area (Å²) < 4.78 is 13.9. The van der Waals surface area contributed by atoms with Crippen molar-refractivity contribution in [2.75, 3.05) is 53.4 Å². The molecule has 2 fully saturated rings. The van der Waals surface area contributed by atoms with Gasteiger partial charge in [-0.3, -0.25) is 19.2 Å². The van der Waals surface area contributed by atoms with Crippen LogP contribution in [-0.2, 0) is 55.7 Å². The van der Waals surface area contributed by atoms with E-state index in [1.54, 1.807) is 17.0 Å². The van der Waals surface area contributed by atoms with Gasteiger partial charge in [0.05, 0.1) is 10.8 Å². The van der Waals surface area contributed by atoms with Crippen LogP contribution in [0.4, 0.5) is 4.39 Å². The average molecular weight is 945 g/mol. The molecule has 8 nitrogen and oxygen atoms in total. The van der Waals surface area contributed by atoms with E-state index < -0.39 is 16.9 Å². The summed E-state index contributed by atoms with van der Waals surface area (Å²) in [5.41, 5.74) is 5.03. The van der Waals surface area contributed by atoms with E-state index in [2.05, 4.69) is 66.0 Å². The van der Waals surface area contributed by atoms with E-state index in [1.807, 2.05) is 133 Å². The molecule has 0 radical (unpaired) electrons. The summed E-state index contributed by atoms with van der Waals surface area (Å²) in [6.45, 7) is 3.79. The highest BCUT2D eigenvalue weighted by atomic mass is 19.1. The highest BCUT2D eigenvalue weighted by Gasteiger charge is 2.45. The minimum Gasteiger partial charge on any atom is -0.345 e. The van der Waals surface area contributed by atoms with Crippen LogP contribution in [0.1, 0.15) is 79.3 Å². The fraction of sp³-hybridized carbons (Fsp3) is 0.344. The second-order valence-corrected chi connectivity index (χ2v) is 18.2. The number of halogens is 1. The molecule has 6 aromatic rings. The van der Waals surface area contributed by atoms with Gasteiger partial charge in [-0.1, -0.05) is 189 Å². The van der Waals surface area contributed by atoms with Crippen molar-refractivity contribution < 1.29 is 23.6 Å². The van der Waals surface area contributed by atoms with E-state index >= 15 is 0 Å². The Hall–Kier alpha value is -6.71. The second-order valence-electron chi connectivity index (χ2n) is 18.2. The maximum absolute atomic E-state index is 13.9. The van der Waals surface area contributed by atoms with Gasteiger partial charge >= 0.3 is 6.04 Å². The first-order valence-corrected chi connectivity index (χ1v) is 24.6. The SMILES string of the molecule is C.CN(CCc1ccccc1)C(=O)C1(c2ccccc2)CCN(C(=O)CCc2ccccc2)CC1.CNCCc1ccccc1.O=C(CCc1ccccc1)N1CCC(C(=O)F)(c2ccccc2)CC1. The zero-order valence-corrected chi connectivity index (χ0v) is 40.5. The lowest BCUT2D eigenvalue weighted by atomic mass is 9.71. The number of carbonyl (C=O) groups excluding carboxylic acids is 4. The normalized spacial score (nSPS) is 14.6. The lowest BCUT2D eigenvalue weighted by Gasteiger charge is -2.43.